The highest BCUT2D eigenvalue weighted by molar-refractivity contribution is 7.19. The summed E-state index contributed by atoms with van der Waals surface area (Å²) in [6, 6.07) is 5.94. The number of ether oxygens (including phenoxy) is 2. The van der Waals surface area contributed by atoms with E-state index in [9.17, 15) is 4.39 Å². The van der Waals surface area contributed by atoms with Gasteiger partial charge in [-0.15, -0.1) is 11.3 Å². The summed E-state index contributed by atoms with van der Waals surface area (Å²) in [7, 11) is 0. The number of fused-ring (bicyclic) bond motifs is 1. The van der Waals surface area contributed by atoms with E-state index >= 15 is 0 Å². The molecule has 2 heterocycles. The van der Waals surface area contributed by atoms with Crippen LogP contribution in [0.2, 0.25) is 0 Å². The van der Waals surface area contributed by atoms with Crippen LogP contribution in [0.4, 0.5) is 4.39 Å². The lowest BCUT2D eigenvalue weighted by atomic mass is 10.1. The molecule has 2 aliphatic rings. The van der Waals surface area contributed by atoms with Crippen LogP contribution < -0.4 is 5.32 Å². The van der Waals surface area contributed by atoms with E-state index < -0.39 is 0 Å². The lowest BCUT2D eigenvalue weighted by Gasteiger charge is -2.26. The van der Waals surface area contributed by atoms with Gasteiger partial charge in [0.15, 0.2) is 0 Å². The molecule has 1 aromatic carbocycles. The first-order valence-electron chi connectivity index (χ1n) is 7.43. The average Bonchev–Trinajstić information content (AvgIpc) is 3.17. The predicted molar refractivity (Wildman–Crippen MR) is 81.0 cm³/mol. The maximum Gasteiger partial charge on any atom is 0.132 e. The Morgan fingerprint density at radius 1 is 1.33 bits per heavy atom. The Kier molecular flexibility index (Phi) is 3.67. The van der Waals surface area contributed by atoms with Crippen LogP contribution in [0.25, 0.3) is 10.1 Å². The number of hydrogen-bond donors (Lipinski definition) is 1. The highest BCUT2D eigenvalue weighted by Crippen LogP contribution is 2.34. The van der Waals surface area contributed by atoms with Gasteiger partial charge in [0.05, 0.1) is 19.8 Å². The summed E-state index contributed by atoms with van der Waals surface area (Å²) in [5.74, 6) is -0.148. The second-order valence-corrected chi connectivity index (χ2v) is 6.88. The summed E-state index contributed by atoms with van der Waals surface area (Å²) in [6.07, 6.45) is 2.67. The summed E-state index contributed by atoms with van der Waals surface area (Å²) in [6.45, 7) is 2.58. The fourth-order valence-corrected chi connectivity index (χ4v) is 3.72. The Morgan fingerprint density at radius 2 is 2.19 bits per heavy atom. The topological polar surface area (TPSA) is 30.5 Å². The van der Waals surface area contributed by atoms with Crippen molar-refractivity contribution in [2.45, 2.75) is 38.1 Å². The molecule has 112 valence electrons. The van der Waals surface area contributed by atoms with Gasteiger partial charge in [-0.2, -0.15) is 0 Å². The van der Waals surface area contributed by atoms with Crippen molar-refractivity contribution in [1.29, 1.82) is 0 Å². The third kappa shape index (κ3) is 2.83. The van der Waals surface area contributed by atoms with Gasteiger partial charge >= 0.3 is 0 Å². The lowest BCUT2D eigenvalue weighted by Crippen LogP contribution is -2.35. The van der Waals surface area contributed by atoms with Gasteiger partial charge in [0.2, 0.25) is 0 Å². The molecule has 4 rings (SSSR count). The van der Waals surface area contributed by atoms with E-state index in [4.69, 9.17) is 9.47 Å². The average molecular weight is 307 g/mol. The van der Waals surface area contributed by atoms with Crippen LogP contribution in [0.15, 0.2) is 18.2 Å². The first-order chi connectivity index (χ1) is 10.3. The van der Waals surface area contributed by atoms with Crippen LogP contribution in [-0.4, -0.2) is 25.4 Å². The Morgan fingerprint density at radius 3 is 2.90 bits per heavy atom. The molecule has 1 saturated carbocycles. The number of thiophene rings is 1. The molecule has 0 spiro atoms. The van der Waals surface area contributed by atoms with Gasteiger partial charge in [-0.3, -0.25) is 0 Å². The molecule has 2 aromatic rings. The van der Waals surface area contributed by atoms with Gasteiger partial charge < -0.3 is 14.8 Å². The third-order valence-corrected chi connectivity index (χ3v) is 5.24. The van der Waals surface area contributed by atoms with Gasteiger partial charge in [-0.1, -0.05) is 6.07 Å². The molecule has 5 heteroatoms. The standard InChI is InChI=1S/C16H18FNO2S/c17-13-2-1-3-14-16(13)12(9-20-11-7-19-8-11)15(21-14)6-18-10-4-5-10/h1-3,10-11,18H,4-9H2. The van der Waals surface area contributed by atoms with Crippen LogP contribution >= 0.6 is 11.3 Å². The summed E-state index contributed by atoms with van der Waals surface area (Å²) < 4.78 is 26.2. The minimum Gasteiger partial charge on any atom is -0.376 e. The molecule has 2 fully saturated rings. The molecule has 0 atom stereocenters. The molecular weight excluding hydrogens is 289 g/mol. The molecule has 0 radical (unpaired) electrons. The lowest BCUT2D eigenvalue weighted by molar-refractivity contribution is -0.135. The molecule has 0 unspecified atom stereocenters. The van der Waals surface area contributed by atoms with Crippen LogP contribution in [-0.2, 0) is 22.6 Å². The molecule has 1 saturated heterocycles. The van der Waals surface area contributed by atoms with Gasteiger partial charge in [0.1, 0.15) is 11.9 Å². The third-order valence-electron chi connectivity index (χ3n) is 4.05. The smallest absolute Gasteiger partial charge is 0.132 e. The quantitative estimate of drug-likeness (QED) is 0.889. The fraction of sp³-hybridized carbons (Fsp3) is 0.500. The van der Waals surface area contributed by atoms with Crippen LogP contribution in [0.3, 0.4) is 0 Å². The van der Waals surface area contributed by atoms with Crippen molar-refractivity contribution in [2.75, 3.05) is 13.2 Å². The second-order valence-electron chi connectivity index (χ2n) is 5.74. The molecule has 21 heavy (non-hydrogen) atoms. The summed E-state index contributed by atoms with van der Waals surface area (Å²) in [5.41, 5.74) is 1.01. The number of halogens is 1. The molecule has 1 aliphatic carbocycles. The molecule has 1 N–H and O–H groups in total. The number of nitrogens with one attached hydrogen (secondary N) is 1. The van der Waals surface area contributed by atoms with Crippen LogP contribution in [0.1, 0.15) is 23.3 Å². The SMILES string of the molecule is Fc1cccc2sc(CNC3CC3)c(COC3COC3)c12. The highest BCUT2D eigenvalue weighted by atomic mass is 32.1. The van der Waals surface area contributed by atoms with Crippen molar-refractivity contribution in [2.24, 2.45) is 0 Å². The monoisotopic (exact) mass is 307 g/mol. The molecular formula is C16H18FNO2S. The van der Waals surface area contributed by atoms with E-state index in [2.05, 4.69) is 5.32 Å². The Labute approximate surface area is 127 Å². The van der Waals surface area contributed by atoms with Crippen molar-refractivity contribution < 1.29 is 13.9 Å². The maximum absolute atomic E-state index is 14.2. The first kappa shape index (κ1) is 13.6. The summed E-state index contributed by atoms with van der Waals surface area (Å²) >= 11 is 1.67. The Hall–Kier alpha value is -1.01. The fourth-order valence-electron chi connectivity index (χ4n) is 2.55. The van der Waals surface area contributed by atoms with Gasteiger partial charge in [0, 0.05) is 33.1 Å². The normalized spacial score (nSPS) is 19.1. The van der Waals surface area contributed by atoms with E-state index in [-0.39, 0.29) is 11.9 Å². The minimum absolute atomic E-state index is 0.148. The molecule has 1 aromatic heterocycles. The van der Waals surface area contributed by atoms with Crippen LogP contribution in [0, 0.1) is 5.82 Å². The maximum atomic E-state index is 14.2. The molecule has 3 nitrogen and oxygen atoms in total. The van der Waals surface area contributed by atoms with Gasteiger partial charge in [-0.05, 0) is 25.0 Å². The zero-order valence-electron chi connectivity index (χ0n) is 11.7. The van der Waals surface area contributed by atoms with E-state index in [1.165, 1.54) is 23.8 Å². The largest absolute Gasteiger partial charge is 0.376 e. The highest BCUT2D eigenvalue weighted by Gasteiger charge is 2.24. The van der Waals surface area contributed by atoms with Crippen molar-refractivity contribution in [1.82, 2.24) is 5.32 Å². The first-order valence-corrected chi connectivity index (χ1v) is 8.24. The number of benzene rings is 1. The van der Waals surface area contributed by atoms with Crippen molar-refractivity contribution in [3.8, 4) is 0 Å². The van der Waals surface area contributed by atoms with Crippen molar-refractivity contribution >= 4 is 21.4 Å². The number of hydrogen-bond acceptors (Lipinski definition) is 4. The summed E-state index contributed by atoms with van der Waals surface area (Å²) in [5, 5.41) is 4.25. The van der Waals surface area contributed by atoms with Gasteiger partial charge in [-0.25, -0.2) is 4.39 Å². The number of rotatable bonds is 6. The molecule has 0 bridgehead atoms. The van der Waals surface area contributed by atoms with Crippen molar-refractivity contribution in [3.05, 3.63) is 34.5 Å². The zero-order valence-corrected chi connectivity index (χ0v) is 12.5. The minimum atomic E-state index is -0.148. The van der Waals surface area contributed by atoms with Gasteiger partial charge in [0.25, 0.3) is 0 Å². The predicted octanol–water partition coefficient (Wildman–Crippen LogP) is 3.21. The Balaban J connectivity index is 1.62. The van der Waals surface area contributed by atoms with E-state index in [0.717, 1.165) is 22.2 Å². The van der Waals surface area contributed by atoms with Crippen LogP contribution in [0.5, 0.6) is 0 Å². The van der Waals surface area contributed by atoms with E-state index in [1.807, 2.05) is 6.07 Å². The van der Waals surface area contributed by atoms with E-state index in [0.29, 0.717) is 25.9 Å². The second kappa shape index (κ2) is 5.65. The Bertz CT molecular complexity index is 649. The van der Waals surface area contributed by atoms with E-state index in [1.54, 1.807) is 17.4 Å². The molecule has 1 aliphatic heterocycles. The zero-order chi connectivity index (χ0) is 14.2. The summed E-state index contributed by atoms with van der Waals surface area (Å²) in [4.78, 5) is 1.20. The molecule has 0 amide bonds. The van der Waals surface area contributed by atoms with Crippen molar-refractivity contribution in [3.63, 3.8) is 0 Å².